The van der Waals surface area contributed by atoms with E-state index in [4.69, 9.17) is 0 Å². The number of amides is 2. The lowest BCUT2D eigenvalue weighted by Crippen LogP contribution is -2.49. The molecule has 0 radical (unpaired) electrons. The van der Waals surface area contributed by atoms with Gasteiger partial charge < -0.3 is 10.6 Å². The number of carbonyl (C=O) groups excluding carboxylic acids is 2. The van der Waals surface area contributed by atoms with Crippen LogP contribution in [0.25, 0.3) is 0 Å². The first-order valence-corrected chi connectivity index (χ1v) is 6.51. The van der Waals surface area contributed by atoms with Gasteiger partial charge in [0.15, 0.2) is 5.78 Å². The number of ketones is 1. The standard InChI is InChI=1S/C15H18N2O2/c1-3-7-12-13(10(2)16-15(19)17-12)14(18)11-8-5-4-6-9-11/h4-6,8-9,12H,3,7H2,1-2H3,(H2,16,17,19). The number of hydrogen-bond donors (Lipinski definition) is 2. The number of Topliss-reactive ketones (excluding diaryl/α,β-unsaturated/α-hetero) is 1. The van der Waals surface area contributed by atoms with Crippen molar-refractivity contribution >= 4 is 11.8 Å². The maximum absolute atomic E-state index is 12.6. The van der Waals surface area contributed by atoms with E-state index >= 15 is 0 Å². The van der Waals surface area contributed by atoms with Gasteiger partial charge in [-0.05, 0) is 13.3 Å². The van der Waals surface area contributed by atoms with Crippen molar-refractivity contribution < 1.29 is 9.59 Å². The summed E-state index contributed by atoms with van der Waals surface area (Å²) >= 11 is 0. The molecule has 0 fully saturated rings. The van der Waals surface area contributed by atoms with Crippen molar-refractivity contribution in [1.82, 2.24) is 10.6 Å². The molecule has 1 unspecified atom stereocenters. The number of allylic oxidation sites excluding steroid dienone is 1. The third-order valence-electron chi connectivity index (χ3n) is 3.22. The Balaban J connectivity index is 2.36. The third-order valence-corrected chi connectivity index (χ3v) is 3.22. The predicted molar refractivity (Wildman–Crippen MR) is 73.8 cm³/mol. The van der Waals surface area contributed by atoms with Gasteiger partial charge in [-0.25, -0.2) is 4.79 Å². The summed E-state index contributed by atoms with van der Waals surface area (Å²) in [6, 6.07) is 8.71. The van der Waals surface area contributed by atoms with Crippen molar-refractivity contribution in [2.24, 2.45) is 0 Å². The zero-order valence-corrected chi connectivity index (χ0v) is 11.2. The summed E-state index contributed by atoms with van der Waals surface area (Å²) in [7, 11) is 0. The molecule has 0 bridgehead atoms. The fraction of sp³-hybridized carbons (Fsp3) is 0.333. The molecule has 1 aliphatic rings. The molecule has 0 saturated carbocycles. The molecule has 0 aromatic heterocycles. The van der Waals surface area contributed by atoms with Gasteiger partial charge in [0.05, 0.1) is 6.04 Å². The smallest absolute Gasteiger partial charge is 0.319 e. The highest BCUT2D eigenvalue weighted by atomic mass is 16.2. The molecule has 19 heavy (non-hydrogen) atoms. The first-order valence-electron chi connectivity index (χ1n) is 6.51. The van der Waals surface area contributed by atoms with Crippen LogP contribution in [0.1, 0.15) is 37.0 Å². The molecule has 2 N–H and O–H groups in total. The topological polar surface area (TPSA) is 58.2 Å². The summed E-state index contributed by atoms with van der Waals surface area (Å²) in [6.45, 7) is 3.81. The number of benzene rings is 1. The van der Waals surface area contributed by atoms with Crippen LogP contribution >= 0.6 is 0 Å². The van der Waals surface area contributed by atoms with E-state index in [1.54, 1.807) is 19.1 Å². The molecule has 0 spiro atoms. The molecule has 0 saturated heterocycles. The van der Waals surface area contributed by atoms with Gasteiger partial charge in [0, 0.05) is 16.8 Å². The highest BCUT2D eigenvalue weighted by Crippen LogP contribution is 2.20. The van der Waals surface area contributed by atoms with E-state index in [2.05, 4.69) is 10.6 Å². The minimum Gasteiger partial charge on any atom is -0.331 e. The second-order valence-corrected chi connectivity index (χ2v) is 4.67. The lowest BCUT2D eigenvalue weighted by Gasteiger charge is -2.28. The van der Waals surface area contributed by atoms with Crippen LogP contribution in [0.3, 0.4) is 0 Å². The summed E-state index contributed by atoms with van der Waals surface area (Å²) in [5, 5.41) is 5.50. The van der Waals surface area contributed by atoms with Gasteiger partial charge in [-0.1, -0.05) is 43.7 Å². The first kappa shape index (κ1) is 13.3. The maximum atomic E-state index is 12.6. The minimum atomic E-state index is -0.236. The molecule has 1 heterocycles. The van der Waals surface area contributed by atoms with Crippen LogP contribution in [0.15, 0.2) is 41.6 Å². The maximum Gasteiger partial charge on any atom is 0.319 e. The summed E-state index contributed by atoms with van der Waals surface area (Å²) < 4.78 is 0. The number of hydrogen-bond acceptors (Lipinski definition) is 2. The molecule has 2 rings (SSSR count). The van der Waals surface area contributed by atoms with Crippen LogP contribution < -0.4 is 10.6 Å². The summed E-state index contributed by atoms with van der Waals surface area (Å²) in [5.41, 5.74) is 1.96. The summed E-state index contributed by atoms with van der Waals surface area (Å²) in [6.07, 6.45) is 1.67. The van der Waals surface area contributed by atoms with Crippen LogP contribution in [0.2, 0.25) is 0 Å². The minimum absolute atomic E-state index is 0.0240. The van der Waals surface area contributed by atoms with Gasteiger partial charge in [0.1, 0.15) is 0 Å². The van der Waals surface area contributed by atoms with E-state index in [-0.39, 0.29) is 17.9 Å². The Morgan fingerprint density at radius 3 is 2.58 bits per heavy atom. The Bertz CT molecular complexity index is 520. The van der Waals surface area contributed by atoms with E-state index in [0.29, 0.717) is 16.8 Å². The number of carbonyl (C=O) groups is 2. The molecule has 2 amide bonds. The predicted octanol–water partition coefficient (Wildman–Crippen LogP) is 2.62. The number of nitrogens with one attached hydrogen (secondary N) is 2. The van der Waals surface area contributed by atoms with E-state index in [1.165, 1.54) is 0 Å². The second-order valence-electron chi connectivity index (χ2n) is 4.67. The molecule has 4 nitrogen and oxygen atoms in total. The highest BCUT2D eigenvalue weighted by Gasteiger charge is 2.29. The quantitative estimate of drug-likeness (QED) is 0.816. The zero-order chi connectivity index (χ0) is 13.8. The van der Waals surface area contributed by atoms with Crippen LogP contribution in [0.5, 0.6) is 0 Å². The van der Waals surface area contributed by atoms with Crippen molar-refractivity contribution in [1.29, 1.82) is 0 Å². The number of rotatable bonds is 4. The summed E-state index contributed by atoms with van der Waals surface area (Å²) in [4.78, 5) is 24.0. The lowest BCUT2D eigenvalue weighted by atomic mass is 9.91. The Labute approximate surface area is 112 Å². The molecule has 1 aliphatic heterocycles. The Morgan fingerprint density at radius 1 is 1.26 bits per heavy atom. The molecule has 100 valence electrons. The summed E-state index contributed by atoms with van der Waals surface area (Å²) in [5.74, 6) is -0.0240. The Morgan fingerprint density at radius 2 is 1.95 bits per heavy atom. The molecule has 4 heteroatoms. The SMILES string of the molecule is CCCC1NC(=O)NC(C)=C1C(=O)c1ccccc1. The normalized spacial score (nSPS) is 18.8. The average Bonchev–Trinajstić information content (AvgIpc) is 2.39. The van der Waals surface area contributed by atoms with Crippen molar-refractivity contribution in [2.45, 2.75) is 32.7 Å². The largest absolute Gasteiger partial charge is 0.331 e. The van der Waals surface area contributed by atoms with Gasteiger partial charge in [-0.3, -0.25) is 4.79 Å². The van der Waals surface area contributed by atoms with E-state index in [9.17, 15) is 9.59 Å². The molecule has 1 aromatic carbocycles. The van der Waals surface area contributed by atoms with E-state index in [1.807, 2.05) is 25.1 Å². The monoisotopic (exact) mass is 258 g/mol. The molecule has 0 aliphatic carbocycles. The lowest BCUT2D eigenvalue weighted by molar-refractivity contribution is 0.102. The van der Waals surface area contributed by atoms with Gasteiger partial charge in [-0.15, -0.1) is 0 Å². The van der Waals surface area contributed by atoms with Crippen molar-refractivity contribution in [3.05, 3.63) is 47.2 Å². The fourth-order valence-electron chi connectivity index (χ4n) is 2.34. The van der Waals surface area contributed by atoms with E-state index < -0.39 is 0 Å². The van der Waals surface area contributed by atoms with E-state index in [0.717, 1.165) is 12.8 Å². The molecule has 1 atom stereocenters. The van der Waals surface area contributed by atoms with Gasteiger partial charge >= 0.3 is 6.03 Å². The third kappa shape index (κ3) is 2.84. The van der Waals surface area contributed by atoms with Crippen molar-refractivity contribution in [2.75, 3.05) is 0 Å². The number of urea groups is 1. The van der Waals surface area contributed by atoms with Crippen LogP contribution in [-0.2, 0) is 0 Å². The molecule has 1 aromatic rings. The highest BCUT2D eigenvalue weighted by molar-refractivity contribution is 6.11. The first-order chi connectivity index (χ1) is 9.13. The van der Waals surface area contributed by atoms with Crippen LogP contribution in [-0.4, -0.2) is 17.9 Å². The molecular weight excluding hydrogens is 240 g/mol. The van der Waals surface area contributed by atoms with Crippen molar-refractivity contribution in [3.63, 3.8) is 0 Å². The fourth-order valence-corrected chi connectivity index (χ4v) is 2.34. The Kier molecular flexibility index (Phi) is 4.00. The Hall–Kier alpha value is -2.10. The van der Waals surface area contributed by atoms with Gasteiger partial charge in [0.2, 0.25) is 0 Å². The zero-order valence-electron chi connectivity index (χ0n) is 11.2. The van der Waals surface area contributed by atoms with Gasteiger partial charge in [-0.2, -0.15) is 0 Å². The van der Waals surface area contributed by atoms with Crippen LogP contribution in [0, 0.1) is 0 Å². The van der Waals surface area contributed by atoms with Crippen LogP contribution in [0.4, 0.5) is 4.79 Å². The van der Waals surface area contributed by atoms with Crippen molar-refractivity contribution in [3.8, 4) is 0 Å². The molecular formula is C15H18N2O2. The average molecular weight is 258 g/mol. The second kappa shape index (κ2) is 5.69. The van der Waals surface area contributed by atoms with Gasteiger partial charge in [0.25, 0.3) is 0 Å².